The van der Waals surface area contributed by atoms with Crippen LogP contribution in [0.25, 0.3) is 0 Å². The van der Waals surface area contributed by atoms with Gasteiger partial charge in [0.2, 0.25) is 17.7 Å². The van der Waals surface area contributed by atoms with Crippen LogP contribution in [0, 0.1) is 35.4 Å². The highest BCUT2D eigenvalue weighted by Crippen LogP contribution is 2.69. The van der Waals surface area contributed by atoms with Gasteiger partial charge in [0.25, 0.3) is 0 Å². The minimum atomic E-state index is -4.59. The van der Waals surface area contributed by atoms with E-state index in [4.69, 9.17) is 11.6 Å². The average molecular weight is 714 g/mol. The van der Waals surface area contributed by atoms with Crippen LogP contribution in [-0.2, 0) is 27.1 Å². The number of carbonyl (C=O) groups is 3. The first-order chi connectivity index (χ1) is 22.9. The Hall–Kier alpha value is -3.94. The number of hydrogen-bond acceptors (Lipinski definition) is 6. The number of imide groups is 1. The fourth-order valence-electron chi connectivity index (χ4n) is 8.26. The zero-order chi connectivity index (χ0) is 33.6. The molecule has 14 heteroatoms. The number of aromatic nitrogens is 1. The van der Waals surface area contributed by atoms with Gasteiger partial charge in [0.05, 0.1) is 28.1 Å². The number of thioether (sulfide) groups is 1. The zero-order valence-electron chi connectivity index (χ0n) is 24.6. The highest BCUT2D eigenvalue weighted by atomic mass is 35.5. The summed E-state index contributed by atoms with van der Waals surface area (Å²) in [6, 6.07) is 16.8. The SMILES string of the molecule is O=C(Cn1c2c(sc1=O)C(c1ccc(F)cc1)C1C3CC(C1S2)C1C(=O)N(c2ccc(Cl)cc2)C(=O)C31)Nc1cccc(C(F)(F)F)c1. The molecule has 3 heterocycles. The molecule has 7 nitrogen and oxygen atoms in total. The molecule has 3 fully saturated rings. The Kier molecular flexibility index (Phi) is 7.38. The van der Waals surface area contributed by atoms with Crippen molar-refractivity contribution in [3.05, 3.63) is 109 Å². The van der Waals surface area contributed by atoms with E-state index >= 15 is 0 Å². The van der Waals surface area contributed by atoms with Crippen LogP contribution in [0.3, 0.4) is 0 Å². The Balaban J connectivity index is 1.15. The topological polar surface area (TPSA) is 88.5 Å². The van der Waals surface area contributed by atoms with Gasteiger partial charge in [0.1, 0.15) is 12.4 Å². The predicted molar refractivity (Wildman–Crippen MR) is 173 cm³/mol. The number of fused-ring (bicyclic) bond motifs is 9. The van der Waals surface area contributed by atoms with Gasteiger partial charge in [-0.3, -0.25) is 28.6 Å². The van der Waals surface area contributed by atoms with E-state index in [1.807, 2.05) is 0 Å². The minimum Gasteiger partial charge on any atom is -0.325 e. The molecule has 0 spiro atoms. The second kappa shape index (κ2) is 11.3. The predicted octanol–water partition coefficient (Wildman–Crippen LogP) is 7.04. The first-order valence-electron chi connectivity index (χ1n) is 15.2. The average Bonchev–Trinajstić information content (AvgIpc) is 3.76. The number of amides is 3. The van der Waals surface area contributed by atoms with Crippen molar-refractivity contribution in [1.29, 1.82) is 0 Å². The molecular formula is C34H24ClF4N3O4S2. The summed E-state index contributed by atoms with van der Waals surface area (Å²) in [7, 11) is 0. The fraction of sp³-hybridized carbons (Fsp3) is 0.294. The number of hydrogen-bond donors (Lipinski definition) is 1. The monoisotopic (exact) mass is 713 g/mol. The quantitative estimate of drug-likeness (QED) is 0.177. The van der Waals surface area contributed by atoms with E-state index in [2.05, 4.69) is 5.32 Å². The smallest absolute Gasteiger partial charge is 0.325 e. The molecular weight excluding hydrogens is 690 g/mol. The third-order valence-electron chi connectivity index (χ3n) is 10.0. The molecule has 3 amide bonds. The summed E-state index contributed by atoms with van der Waals surface area (Å²) in [4.78, 5) is 56.0. The highest BCUT2D eigenvalue weighted by molar-refractivity contribution is 8.00. The molecule has 7 unspecified atom stereocenters. The second-order valence-electron chi connectivity index (χ2n) is 12.5. The van der Waals surface area contributed by atoms with E-state index < -0.39 is 52.6 Å². The van der Waals surface area contributed by atoms with E-state index in [9.17, 15) is 36.7 Å². The number of anilines is 2. The van der Waals surface area contributed by atoms with Gasteiger partial charge in [-0.05, 0) is 84.3 Å². The largest absolute Gasteiger partial charge is 0.416 e. The minimum absolute atomic E-state index is 0.0577. The molecule has 2 aliphatic heterocycles. The van der Waals surface area contributed by atoms with Crippen LogP contribution < -0.4 is 15.1 Å². The van der Waals surface area contributed by atoms with Crippen LogP contribution in [0.2, 0.25) is 5.02 Å². The first-order valence-corrected chi connectivity index (χ1v) is 17.2. The Bertz CT molecular complexity index is 2050. The third-order valence-corrected chi connectivity index (χ3v) is 13.1. The second-order valence-corrected chi connectivity index (χ2v) is 15.1. The van der Waals surface area contributed by atoms with E-state index in [1.165, 1.54) is 45.5 Å². The molecule has 2 saturated carbocycles. The van der Waals surface area contributed by atoms with Crippen LogP contribution in [0.4, 0.5) is 28.9 Å². The van der Waals surface area contributed by atoms with Crippen molar-refractivity contribution in [2.75, 3.05) is 10.2 Å². The van der Waals surface area contributed by atoms with Crippen molar-refractivity contribution in [3.8, 4) is 0 Å². The summed E-state index contributed by atoms with van der Waals surface area (Å²) in [5.41, 5.74) is 0.231. The molecule has 1 aromatic heterocycles. The lowest BCUT2D eigenvalue weighted by Gasteiger charge is -2.43. The lowest BCUT2D eigenvalue weighted by Crippen LogP contribution is -2.43. The zero-order valence-corrected chi connectivity index (χ0v) is 27.0. The lowest BCUT2D eigenvalue weighted by molar-refractivity contribution is -0.137. The van der Waals surface area contributed by atoms with E-state index in [-0.39, 0.29) is 40.5 Å². The van der Waals surface area contributed by atoms with Crippen molar-refractivity contribution in [1.82, 2.24) is 4.57 Å². The van der Waals surface area contributed by atoms with Crippen molar-refractivity contribution in [2.24, 2.45) is 29.6 Å². The standard InChI is InChI=1S/C34H24ClF4N3O4S2/c35-17-6-10-20(11-7-17)42-30(44)26-21-13-22(27(26)31(42)45)28-25(21)24(15-4-8-18(36)9-5-15)29-32(47-28)41(33(46)48-29)14-23(43)40-19-3-1-2-16(12-19)34(37,38)39/h1-12,21-22,24-28H,13-14H2,(H,40,43). The molecule has 246 valence electrons. The number of nitrogens with one attached hydrogen (secondary N) is 1. The maximum Gasteiger partial charge on any atom is 0.416 e. The van der Waals surface area contributed by atoms with Gasteiger partial charge >= 0.3 is 11.0 Å². The number of nitrogens with zero attached hydrogens (tertiary/aromatic N) is 2. The van der Waals surface area contributed by atoms with Crippen LogP contribution in [0.5, 0.6) is 0 Å². The number of alkyl halides is 3. The maximum atomic E-state index is 14.1. The molecule has 3 aromatic carbocycles. The lowest BCUT2D eigenvalue weighted by atomic mass is 9.68. The van der Waals surface area contributed by atoms with E-state index in [1.54, 1.807) is 36.4 Å². The maximum absolute atomic E-state index is 14.1. The van der Waals surface area contributed by atoms with Gasteiger partial charge in [0, 0.05) is 26.8 Å². The van der Waals surface area contributed by atoms with Crippen LogP contribution in [-0.4, -0.2) is 27.5 Å². The van der Waals surface area contributed by atoms with Crippen molar-refractivity contribution >= 4 is 63.8 Å². The van der Waals surface area contributed by atoms with Gasteiger partial charge in [-0.15, -0.1) is 11.8 Å². The third kappa shape index (κ3) is 4.92. The Morgan fingerprint density at radius 2 is 1.62 bits per heavy atom. The first kappa shape index (κ1) is 31.3. The number of rotatable bonds is 5. The molecule has 8 rings (SSSR count). The van der Waals surface area contributed by atoms with Crippen LogP contribution >= 0.6 is 34.7 Å². The summed E-state index contributed by atoms with van der Waals surface area (Å²) >= 11 is 8.44. The summed E-state index contributed by atoms with van der Waals surface area (Å²) in [6.45, 7) is -0.441. The van der Waals surface area contributed by atoms with Crippen LogP contribution in [0.15, 0.2) is 82.6 Å². The van der Waals surface area contributed by atoms with Crippen molar-refractivity contribution in [2.45, 2.75) is 35.3 Å². The fourth-order valence-corrected chi connectivity index (χ4v) is 11.5. The summed E-state index contributed by atoms with van der Waals surface area (Å²) in [5, 5.41) is 3.30. The Labute approximate surface area is 283 Å². The summed E-state index contributed by atoms with van der Waals surface area (Å²) in [5.74, 6) is -3.65. The molecule has 1 N–H and O–H groups in total. The molecule has 4 aromatic rings. The number of benzene rings is 3. The molecule has 1 saturated heterocycles. The summed E-state index contributed by atoms with van der Waals surface area (Å²) in [6.07, 6.45) is -3.96. The van der Waals surface area contributed by atoms with Crippen molar-refractivity contribution < 1.29 is 31.9 Å². The Morgan fingerprint density at radius 3 is 2.31 bits per heavy atom. The van der Waals surface area contributed by atoms with E-state index in [0.717, 1.165) is 29.0 Å². The number of thiazole rings is 1. The van der Waals surface area contributed by atoms with Gasteiger partial charge in [-0.2, -0.15) is 13.2 Å². The van der Waals surface area contributed by atoms with E-state index in [0.29, 0.717) is 27.0 Å². The normalized spacial score (nSPS) is 27.2. The van der Waals surface area contributed by atoms with Gasteiger partial charge in [0.15, 0.2) is 0 Å². The molecule has 0 radical (unpaired) electrons. The van der Waals surface area contributed by atoms with Gasteiger partial charge < -0.3 is 5.32 Å². The molecule has 48 heavy (non-hydrogen) atoms. The molecule has 2 bridgehead atoms. The molecule has 7 atom stereocenters. The molecule has 2 aliphatic carbocycles. The molecule has 4 aliphatic rings. The van der Waals surface area contributed by atoms with Crippen LogP contribution in [0.1, 0.15) is 28.3 Å². The van der Waals surface area contributed by atoms with Gasteiger partial charge in [-0.25, -0.2) is 4.39 Å². The summed E-state index contributed by atoms with van der Waals surface area (Å²) < 4.78 is 55.1. The van der Waals surface area contributed by atoms with Crippen molar-refractivity contribution in [3.63, 3.8) is 0 Å². The highest BCUT2D eigenvalue weighted by Gasteiger charge is 2.69. The number of carbonyl (C=O) groups excluding carboxylic acids is 3. The Morgan fingerprint density at radius 1 is 0.938 bits per heavy atom. The van der Waals surface area contributed by atoms with Gasteiger partial charge in [-0.1, -0.05) is 41.1 Å². The number of halogens is 5.